The molecular formula is C11H11NO. The molecule has 0 saturated carbocycles. The summed E-state index contributed by atoms with van der Waals surface area (Å²) >= 11 is 0. The highest BCUT2D eigenvalue weighted by atomic mass is 16.5. The van der Waals surface area contributed by atoms with Crippen molar-refractivity contribution >= 4 is 0 Å². The minimum Gasteiger partial charge on any atom is -0.465 e. The van der Waals surface area contributed by atoms with Crippen LogP contribution >= 0.6 is 0 Å². The zero-order valence-corrected chi connectivity index (χ0v) is 7.34. The first-order valence-corrected chi connectivity index (χ1v) is 4.60. The molecule has 0 amide bonds. The maximum absolute atomic E-state index is 5.44. The molecule has 2 aliphatic heterocycles. The third-order valence-corrected chi connectivity index (χ3v) is 2.64. The van der Waals surface area contributed by atoms with Gasteiger partial charge < -0.3 is 10.1 Å². The second kappa shape index (κ2) is 2.60. The lowest BCUT2D eigenvalue weighted by Crippen LogP contribution is -1.99. The molecule has 0 radical (unpaired) electrons. The number of benzene rings is 1. The molecule has 2 heterocycles. The summed E-state index contributed by atoms with van der Waals surface area (Å²) in [4.78, 5) is 0. The second-order valence-corrected chi connectivity index (χ2v) is 3.53. The molecule has 2 nitrogen and oxygen atoms in total. The van der Waals surface area contributed by atoms with Gasteiger partial charge in [-0.05, 0) is 35.3 Å². The highest BCUT2D eigenvalue weighted by Crippen LogP contribution is 2.29. The van der Waals surface area contributed by atoms with Crippen molar-refractivity contribution in [2.75, 3.05) is 0 Å². The summed E-state index contributed by atoms with van der Waals surface area (Å²) < 4.78 is 5.44. The lowest BCUT2D eigenvalue weighted by Gasteiger charge is -2.13. The van der Waals surface area contributed by atoms with Crippen molar-refractivity contribution in [3.8, 4) is 5.75 Å². The van der Waals surface area contributed by atoms with Gasteiger partial charge in [-0.3, -0.25) is 0 Å². The van der Waals surface area contributed by atoms with Gasteiger partial charge >= 0.3 is 0 Å². The molecule has 1 aromatic carbocycles. The SMILES string of the molecule is C1=COc2cc3c(cc2C1)CNC3. The van der Waals surface area contributed by atoms with E-state index in [1.54, 1.807) is 6.26 Å². The molecule has 2 aliphatic rings. The molecule has 3 rings (SSSR count). The number of allylic oxidation sites excluding steroid dienone is 1. The molecule has 2 heteroatoms. The van der Waals surface area contributed by atoms with Gasteiger partial charge in [0.1, 0.15) is 5.75 Å². The smallest absolute Gasteiger partial charge is 0.130 e. The van der Waals surface area contributed by atoms with E-state index >= 15 is 0 Å². The number of rotatable bonds is 0. The fourth-order valence-electron chi connectivity index (χ4n) is 1.94. The zero-order chi connectivity index (χ0) is 8.67. The Labute approximate surface area is 77.2 Å². The summed E-state index contributed by atoms with van der Waals surface area (Å²) in [6.07, 6.45) is 4.83. The van der Waals surface area contributed by atoms with Gasteiger partial charge in [-0.2, -0.15) is 0 Å². The Hall–Kier alpha value is -1.28. The number of hydrogen-bond donors (Lipinski definition) is 1. The molecular weight excluding hydrogens is 162 g/mol. The van der Waals surface area contributed by atoms with E-state index in [1.165, 1.54) is 16.7 Å². The fraction of sp³-hybridized carbons (Fsp3) is 0.273. The first-order chi connectivity index (χ1) is 6.43. The monoisotopic (exact) mass is 173 g/mol. The standard InChI is InChI=1S/C11H11NO/c1-2-8-4-9-6-12-7-10(9)5-11(8)13-3-1/h1,3-5,12H,2,6-7H2. The van der Waals surface area contributed by atoms with Crippen LogP contribution in [-0.2, 0) is 19.5 Å². The number of ether oxygens (including phenoxy) is 1. The van der Waals surface area contributed by atoms with Crippen molar-refractivity contribution in [1.29, 1.82) is 0 Å². The molecule has 0 unspecified atom stereocenters. The Balaban J connectivity index is 2.14. The summed E-state index contributed by atoms with van der Waals surface area (Å²) in [5.74, 6) is 1.03. The average molecular weight is 173 g/mol. The molecule has 1 aromatic rings. The van der Waals surface area contributed by atoms with Crippen LogP contribution in [0.2, 0.25) is 0 Å². The molecule has 0 atom stereocenters. The lowest BCUT2D eigenvalue weighted by atomic mass is 10.0. The van der Waals surface area contributed by atoms with E-state index in [0.29, 0.717) is 0 Å². The van der Waals surface area contributed by atoms with Gasteiger partial charge in [0.05, 0.1) is 6.26 Å². The van der Waals surface area contributed by atoms with E-state index in [-0.39, 0.29) is 0 Å². The summed E-state index contributed by atoms with van der Waals surface area (Å²) in [5, 5.41) is 3.33. The van der Waals surface area contributed by atoms with Crippen molar-refractivity contribution in [3.05, 3.63) is 41.2 Å². The number of nitrogens with one attached hydrogen (secondary N) is 1. The van der Waals surface area contributed by atoms with Crippen LogP contribution in [0.3, 0.4) is 0 Å². The minimum absolute atomic E-state index is 0.982. The van der Waals surface area contributed by atoms with Gasteiger partial charge in [-0.15, -0.1) is 0 Å². The highest BCUT2D eigenvalue weighted by molar-refractivity contribution is 5.46. The van der Waals surface area contributed by atoms with E-state index in [2.05, 4.69) is 23.5 Å². The van der Waals surface area contributed by atoms with Crippen LogP contribution in [0.25, 0.3) is 0 Å². The van der Waals surface area contributed by atoms with Crippen LogP contribution in [-0.4, -0.2) is 0 Å². The van der Waals surface area contributed by atoms with Crippen LogP contribution in [0.1, 0.15) is 16.7 Å². The van der Waals surface area contributed by atoms with Crippen molar-refractivity contribution in [2.24, 2.45) is 0 Å². The van der Waals surface area contributed by atoms with Gasteiger partial charge in [-0.1, -0.05) is 6.07 Å². The van der Waals surface area contributed by atoms with Crippen molar-refractivity contribution < 1.29 is 4.74 Å². The third-order valence-electron chi connectivity index (χ3n) is 2.64. The van der Waals surface area contributed by atoms with E-state index < -0.39 is 0 Å². The molecule has 1 N–H and O–H groups in total. The van der Waals surface area contributed by atoms with Crippen LogP contribution in [0.4, 0.5) is 0 Å². The maximum atomic E-state index is 5.44. The molecule has 0 aromatic heterocycles. The second-order valence-electron chi connectivity index (χ2n) is 3.53. The minimum atomic E-state index is 0.982. The first kappa shape index (κ1) is 7.15. The molecule has 0 saturated heterocycles. The fourth-order valence-corrected chi connectivity index (χ4v) is 1.94. The van der Waals surface area contributed by atoms with Gasteiger partial charge in [0, 0.05) is 13.1 Å². The molecule has 0 bridgehead atoms. The van der Waals surface area contributed by atoms with E-state index in [4.69, 9.17) is 4.74 Å². The summed E-state index contributed by atoms with van der Waals surface area (Å²) in [6.45, 7) is 1.99. The largest absolute Gasteiger partial charge is 0.465 e. The van der Waals surface area contributed by atoms with Gasteiger partial charge in [0.25, 0.3) is 0 Å². The molecule has 66 valence electrons. The van der Waals surface area contributed by atoms with Crippen molar-refractivity contribution in [2.45, 2.75) is 19.5 Å². The number of hydrogen-bond acceptors (Lipinski definition) is 2. The van der Waals surface area contributed by atoms with E-state index in [1.807, 2.05) is 0 Å². The Morgan fingerprint density at radius 1 is 1.08 bits per heavy atom. The Kier molecular flexibility index (Phi) is 1.43. The maximum Gasteiger partial charge on any atom is 0.130 e. The zero-order valence-electron chi connectivity index (χ0n) is 7.34. The number of fused-ring (bicyclic) bond motifs is 2. The van der Waals surface area contributed by atoms with Crippen LogP contribution in [0, 0.1) is 0 Å². The van der Waals surface area contributed by atoms with E-state index in [0.717, 1.165) is 25.3 Å². The predicted molar refractivity (Wildman–Crippen MR) is 50.5 cm³/mol. The third kappa shape index (κ3) is 1.06. The predicted octanol–water partition coefficient (Wildman–Crippen LogP) is 1.74. The summed E-state index contributed by atoms with van der Waals surface area (Å²) in [6, 6.07) is 4.42. The first-order valence-electron chi connectivity index (χ1n) is 4.60. The quantitative estimate of drug-likeness (QED) is 0.645. The summed E-state index contributed by atoms with van der Waals surface area (Å²) in [7, 11) is 0. The van der Waals surface area contributed by atoms with Crippen molar-refractivity contribution in [1.82, 2.24) is 5.32 Å². The van der Waals surface area contributed by atoms with Gasteiger partial charge in [-0.25, -0.2) is 0 Å². The van der Waals surface area contributed by atoms with Crippen LogP contribution in [0.5, 0.6) is 5.75 Å². The van der Waals surface area contributed by atoms with Crippen LogP contribution < -0.4 is 10.1 Å². The highest BCUT2D eigenvalue weighted by Gasteiger charge is 2.15. The molecule has 13 heavy (non-hydrogen) atoms. The van der Waals surface area contributed by atoms with Crippen LogP contribution in [0.15, 0.2) is 24.5 Å². The molecule has 0 aliphatic carbocycles. The van der Waals surface area contributed by atoms with Gasteiger partial charge in [0.2, 0.25) is 0 Å². The Morgan fingerprint density at radius 2 is 1.92 bits per heavy atom. The topological polar surface area (TPSA) is 21.3 Å². The van der Waals surface area contributed by atoms with Gasteiger partial charge in [0.15, 0.2) is 0 Å². The molecule has 0 fully saturated rings. The van der Waals surface area contributed by atoms with Crippen molar-refractivity contribution in [3.63, 3.8) is 0 Å². The Morgan fingerprint density at radius 3 is 2.85 bits per heavy atom. The average Bonchev–Trinajstić information content (AvgIpc) is 2.61. The Bertz CT molecular complexity index is 347. The molecule has 0 spiro atoms. The van der Waals surface area contributed by atoms with E-state index in [9.17, 15) is 0 Å². The lowest BCUT2D eigenvalue weighted by molar-refractivity contribution is 0.464. The normalized spacial score (nSPS) is 17.8. The summed E-state index contributed by atoms with van der Waals surface area (Å²) in [5.41, 5.74) is 4.12.